The molecular weight excluding hydrogens is 308 g/mol. The predicted octanol–water partition coefficient (Wildman–Crippen LogP) is 1.45. The van der Waals surface area contributed by atoms with Gasteiger partial charge in [-0.3, -0.25) is 9.48 Å². The second-order valence-electron chi connectivity index (χ2n) is 6.94. The number of aliphatic hydroxyl groups is 1. The Morgan fingerprint density at radius 3 is 2.92 bits per heavy atom. The van der Waals surface area contributed by atoms with E-state index in [2.05, 4.69) is 5.16 Å². The van der Waals surface area contributed by atoms with Crippen molar-refractivity contribution in [1.29, 1.82) is 0 Å². The predicted molar refractivity (Wildman–Crippen MR) is 86.2 cm³/mol. The van der Waals surface area contributed by atoms with Gasteiger partial charge in [0.05, 0.1) is 23.5 Å². The zero-order chi connectivity index (χ0) is 17.1. The molecule has 2 aromatic rings. The molecule has 1 unspecified atom stereocenters. The summed E-state index contributed by atoms with van der Waals surface area (Å²) in [5.41, 5.74) is 3.76. The molecular formula is C17H22N4O3. The summed E-state index contributed by atoms with van der Waals surface area (Å²) in [6, 6.07) is 0. The van der Waals surface area contributed by atoms with Crippen molar-refractivity contribution in [3.05, 3.63) is 22.6 Å². The molecule has 7 nitrogen and oxygen atoms in total. The third kappa shape index (κ3) is 2.18. The smallest absolute Gasteiger partial charge is 0.219 e. The van der Waals surface area contributed by atoms with Crippen LogP contribution in [0.5, 0.6) is 0 Å². The van der Waals surface area contributed by atoms with Gasteiger partial charge >= 0.3 is 0 Å². The van der Waals surface area contributed by atoms with Crippen LogP contribution in [0.15, 0.2) is 4.52 Å². The first kappa shape index (κ1) is 15.4. The average Bonchev–Trinajstić information content (AvgIpc) is 3.03. The molecule has 128 valence electrons. The third-order valence-corrected chi connectivity index (χ3v) is 5.36. The van der Waals surface area contributed by atoms with Gasteiger partial charge in [-0.25, -0.2) is 0 Å². The van der Waals surface area contributed by atoms with E-state index in [-0.39, 0.29) is 5.91 Å². The first-order chi connectivity index (χ1) is 11.4. The van der Waals surface area contributed by atoms with Gasteiger partial charge < -0.3 is 14.5 Å². The summed E-state index contributed by atoms with van der Waals surface area (Å²) in [5, 5.41) is 20.0. The van der Waals surface area contributed by atoms with Gasteiger partial charge in [-0.05, 0) is 13.3 Å². The van der Waals surface area contributed by atoms with E-state index in [0.29, 0.717) is 32.5 Å². The zero-order valence-electron chi connectivity index (χ0n) is 14.3. The van der Waals surface area contributed by atoms with E-state index < -0.39 is 5.60 Å². The number of nitrogens with zero attached hydrogens (tertiary/aromatic N) is 4. The molecule has 0 fully saturated rings. The second-order valence-corrected chi connectivity index (χ2v) is 6.94. The minimum absolute atomic E-state index is 0.0656. The summed E-state index contributed by atoms with van der Waals surface area (Å²) in [6.45, 7) is 7.10. The summed E-state index contributed by atoms with van der Waals surface area (Å²) < 4.78 is 7.29. The normalized spacial score (nSPS) is 22.6. The highest BCUT2D eigenvalue weighted by molar-refractivity contribution is 5.75. The van der Waals surface area contributed by atoms with Gasteiger partial charge in [-0.15, -0.1) is 0 Å². The quantitative estimate of drug-likeness (QED) is 0.855. The molecule has 2 aliphatic heterocycles. The number of carbonyl (C=O) groups excluding carboxylic acids is 1. The van der Waals surface area contributed by atoms with E-state index in [0.717, 1.165) is 40.4 Å². The molecule has 4 heterocycles. The van der Waals surface area contributed by atoms with Crippen molar-refractivity contribution in [2.75, 3.05) is 6.54 Å². The number of rotatable bonds is 1. The second kappa shape index (κ2) is 5.17. The fourth-order valence-corrected chi connectivity index (χ4v) is 3.76. The van der Waals surface area contributed by atoms with Crippen LogP contribution in [0.3, 0.4) is 0 Å². The van der Waals surface area contributed by atoms with Crippen molar-refractivity contribution in [3.63, 3.8) is 0 Å². The molecule has 1 amide bonds. The molecule has 2 aliphatic rings. The maximum absolute atomic E-state index is 11.8. The number of carbonyl (C=O) groups is 1. The molecule has 0 aromatic carbocycles. The van der Waals surface area contributed by atoms with E-state index in [9.17, 15) is 9.90 Å². The molecule has 4 rings (SSSR count). The first-order valence-electron chi connectivity index (χ1n) is 8.44. The van der Waals surface area contributed by atoms with Gasteiger partial charge in [-0.1, -0.05) is 12.1 Å². The Bertz CT molecular complexity index is 822. The van der Waals surface area contributed by atoms with Gasteiger partial charge in [-0.2, -0.15) is 5.10 Å². The van der Waals surface area contributed by atoms with E-state index in [1.54, 1.807) is 6.92 Å². The van der Waals surface area contributed by atoms with Crippen LogP contribution in [0.2, 0.25) is 0 Å². The van der Waals surface area contributed by atoms with E-state index in [4.69, 9.17) is 9.62 Å². The van der Waals surface area contributed by atoms with Crippen LogP contribution in [0.25, 0.3) is 11.4 Å². The topological polar surface area (TPSA) is 84.4 Å². The largest absolute Gasteiger partial charge is 0.388 e. The highest BCUT2D eigenvalue weighted by Gasteiger charge is 2.38. The highest BCUT2D eigenvalue weighted by Crippen LogP contribution is 2.38. The van der Waals surface area contributed by atoms with E-state index >= 15 is 0 Å². The van der Waals surface area contributed by atoms with Gasteiger partial charge in [0.2, 0.25) is 5.91 Å². The molecule has 2 aromatic heterocycles. The summed E-state index contributed by atoms with van der Waals surface area (Å²) in [4.78, 5) is 13.6. The van der Waals surface area contributed by atoms with Gasteiger partial charge in [0.1, 0.15) is 11.5 Å². The number of aryl methyl sites for hydroxylation is 1. The summed E-state index contributed by atoms with van der Waals surface area (Å²) in [7, 11) is 0. The lowest BCUT2D eigenvalue weighted by atomic mass is 9.91. The van der Waals surface area contributed by atoms with Crippen LogP contribution in [0.1, 0.15) is 42.8 Å². The Labute approximate surface area is 140 Å². The van der Waals surface area contributed by atoms with Crippen LogP contribution >= 0.6 is 0 Å². The molecule has 0 radical (unpaired) electrons. The lowest BCUT2D eigenvalue weighted by molar-refractivity contribution is -0.129. The zero-order valence-corrected chi connectivity index (χ0v) is 14.3. The van der Waals surface area contributed by atoms with E-state index in [1.165, 1.54) is 0 Å². The molecule has 7 heteroatoms. The van der Waals surface area contributed by atoms with Gasteiger partial charge in [0, 0.05) is 44.0 Å². The maximum atomic E-state index is 11.8. The third-order valence-electron chi connectivity index (χ3n) is 5.36. The number of fused-ring (bicyclic) bond motifs is 5. The Hall–Kier alpha value is -2.15. The molecule has 24 heavy (non-hydrogen) atoms. The lowest BCUT2D eigenvalue weighted by Gasteiger charge is -2.25. The maximum Gasteiger partial charge on any atom is 0.219 e. The monoisotopic (exact) mass is 330 g/mol. The number of hydrogen-bond acceptors (Lipinski definition) is 5. The standard InChI is InChI=1S/C17H22N4O3/c1-4-17(23)7-12-10(2)24-19-15(12)16-13-8-20(11(3)22)6-5-14(13)18-21(16)9-17/h23H,4-9H2,1-3H3. The van der Waals surface area contributed by atoms with Crippen LogP contribution in [0.4, 0.5) is 0 Å². The van der Waals surface area contributed by atoms with Crippen molar-refractivity contribution in [1.82, 2.24) is 19.8 Å². The number of aromatic nitrogens is 3. The Morgan fingerprint density at radius 2 is 2.21 bits per heavy atom. The van der Waals surface area contributed by atoms with Crippen LogP contribution in [-0.4, -0.2) is 43.0 Å². The van der Waals surface area contributed by atoms with Gasteiger partial charge in [0.15, 0.2) is 0 Å². The summed E-state index contributed by atoms with van der Waals surface area (Å²) >= 11 is 0. The summed E-state index contributed by atoms with van der Waals surface area (Å²) in [5.74, 6) is 0.801. The lowest BCUT2D eigenvalue weighted by Crippen LogP contribution is -2.35. The highest BCUT2D eigenvalue weighted by atomic mass is 16.5. The van der Waals surface area contributed by atoms with Crippen LogP contribution in [0, 0.1) is 6.92 Å². The average molecular weight is 330 g/mol. The van der Waals surface area contributed by atoms with Crippen molar-refractivity contribution in [2.45, 2.75) is 58.7 Å². The number of hydrogen-bond donors (Lipinski definition) is 1. The molecule has 1 atom stereocenters. The molecule has 0 aliphatic carbocycles. The molecule has 0 saturated carbocycles. The summed E-state index contributed by atoms with van der Waals surface area (Å²) in [6.07, 6.45) is 1.86. The van der Waals surface area contributed by atoms with Gasteiger partial charge in [0.25, 0.3) is 0 Å². The van der Waals surface area contributed by atoms with E-state index in [1.807, 2.05) is 23.4 Å². The number of amides is 1. The van der Waals surface area contributed by atoms with Crippen LogP contribution < -0.4 is 0 Å². The fraction of sp³-hybridized carbons (Fsp3) is 0.588. The minimum atomic E-state index is -0.870. The SMILES string of the molecule is CCC1(O)Cc2c(noc2C)-c2c3c(nn2C1)CCN(C(C)=O)C3. The van der Waals surface area contributed by atoms with Crippen molar-refractivity contribution in [2.24, 2.45) is 0 Å². The minimum Gasteiger partial charge on any atom is -0.388 e. The van der Waals surface area contributed by atoms with Crippen molar-refractivity contribution >= 4 is 5.91 Å². The molecule has 0 spiro atoms. The Kier molecular flexibility index (Phi) is 3.32. The van der Waals surface area contributed by atoms with Crippen LogP contribution in [-0.2, 0) is 30.7 Å². The molecule has 0 saturated heterocycles. The Morgan fingerprint density at radius 1 is 1.42 bits per heavy atom. The molecule has 1 N–H and O–H groups in total. The van der Waals surface area contributed by atoms with Crippen molar-refractivity contribution < 1.29 is 14.4 Å². The fourth-order valence-electron chi connectivity index (χ4n) is 3.76. The van der Waals surface area contributed by atoms with Crippen molar-refractivity contribution in [3.8, 4) is 11.4 Å². The molecule has 0 bridgehead atoms. The Balaban J connectivity index is 1.91. The first-order valence-corrected chi connectivity index (χ1v) is 8.44.